The largest absolute Gasteiger partial charge is 0.271 e. The Morgan fingerprint density at radius 2 is 2.10 bits per heavy atom. The zero-order chi connectivity index (χ0) is 14.7. The van der Waals surface area contributed by atoms with Crippen LogP contribution in [0.25, 0.3) is 0 Å². The third-order valence-electron chi connectivity index (χ3n) is 6.37. The van der Waals surface area contributed by atoms with Gasteiger partial charge in [0, 0.05) is 20.8 Å². The van der Waals surface area contributed by atoms with Gasteiger partial charge in [0.05, 0.1) is 0 Å². The van der Waals surface area contributed by atoms with Crippen LogP contribution >= 0.6 is 27.3 Å². The topological polar surface area (TPSA) is 38.0 Å². The predicted octanol–water partition coefficient (Wildman–Crippen LogP) is 4.49. The minimum atomic E-state index is 0.438. The van der Waals surface area contributed by atoms with E-state index >= 15 is 0 Å². The molecular weight excluding hydrogens is 344 g/mol. The molecule has 4 fully saturated rings. The van der Waals surface area contributed by atoms with Crippen molar-refractivity contribution >= 4 is 27.3 Å². The average molecular weight is 369 g/mol. The summed E-state index contributed by atoms with van der Waals surface area (Å²) in [5.74, 6) is 7.96. The molecule has 4 heteroatoms. The fourth-order valence-corrected chi connectivity index (χ4v) is 7.82. The Morgan fingerprint density at radius 1 is 1.38 bits per heavy atom. The maximum absolute atomic E-state index is 6.03. The second kappa shape index (κ2) is 5.05. The summed E-state index contributed by atoms with van der Waals surface area (Å²) in [4.78, 5) is 1.45. The van der Waals surface area contributed by atoms with Gasteiger partial charge in [-0.2, -0.15) is 0 Å². The number of hydrogen-bond donors (Lipinski definition) is 2. The summed E-state index contributed by atoms with van der Waals surface area (Å²) in [6.07, 6.45) is 9.69. The van der Waals surface area contributed by atoms with Crippen molar-refractivity contribution in [1.82, 2.24) is 5.43 Å². The maximum atomic E-state index is 6.03. The molecule has 0 amide bonds. The van der Waals surface area contributed by atoms with E-state index in [0.29, 0.717) is 16.9 Å². The Labute approximate surface area is 140 Å². The number of thiophene rings is 1. The van der Waals surface area contributed by atoms with Gasteiger partial charge < -0.3 is 0 Å². The molecule has 21 heavy (non-hydrogen) atoms. The first-order chi connectivity index (χ1) is 10.0. The van der Waals surface area contributed by atoms with Crippen molar-refractivity contribution in [2.75, 3.05) is 0 Å². The lowest BCUT2D eigenvalue weighted by molar-refractivity contribution is -0.118. The van der Waals surface area contributed by atoms with E-state index in [1.165, 1.54) is 47.9 Å². The fraction of sp³-hybridized carbons (Fsp3) is 0.765. The number of hydrogen-bond acceptors (Lipinski definition) is 3. The van der Waals surface area contributed by atoms with Gasteiger partial charge in [0.25, 0.3) is 0 Å². The summed E-state index contributed by atoms with van der Waals surface area (Å²) >= 11 is 5.43. The summed E-state index contributed by atoms with van der Waals surface area (Å²) < 4.78 is 1.20. The minimum Gasteiger partial charge on any atom is -0.271 e. The molecule has 3 atom stereocenters. The van der Waals surface area contributed by atoms with Crippen LogP contribution < -0.4 is 11.3 Å². The molecule has 116 valence electrons. The molecule has 2 nitrogen and oxygen atoms in total. The van der Waals surface area contributed by atoms with Crippen molar-refractivity contribution in [3.8, 4) is 0 Å². The molecule has 4 aliphatic carbocycles. The summed E-state index contributed by atoms with van der Waals surface area (Å²) in [7, 11) is 0. The first-order valence-corrected chi connectivity index (χ1v) is 9.87. The summed E-state index contributed by atoms with van der Waals surface area (Å²) in [5, 5.41) is 2.18. The zero-order valence-corrected chi connectivity index (χ0v) is 15.1. The van der Waals surface area contributed by atoms with Crippen molar-refractivity contribution in [2.45, 2.75) is 57.9 Å². The van der Waals surface area contributed by atoms with E-state index < -0.39 is 0 Å². The van der Waals surface area contributed by atoms with Crippen molar-refractivity contribution in [3.05, 3.63) is 20.8 Å². The molecule has 4 saturated carbocycles. The molecule has 1 aromatic heterocycles. The van der Waals surface area contributed by atoms with Crippen LogP contribution in [0.1, 0.15) is 50.3 Å². The number of nitrogens with two attached hydrogens (primary N) is 1. The van der Waals surface area contributed by atoms with E-state index in [-0.39, 0.29) is 0 Å². The van der Waals surface area contributed by atoms with Crippen LogP contribution in [0.15, 0.2) is 15.9 Å². The van der Waals surface area contributed by atoms with E-state index in [0.717, 1.165) is 18.3 Å². The van der Waals surface area contributed by atoms with E-state index in [4.69, 9.17) is 5.84 Å². The first-order valence-electron chi connectivity index (χ1n) is 8.19. The van der Waals surface area contributed by atoms with Gasteiger partial charge in [0.2, 0.25) is 0 Å². The van der Waals surface area contributed by atoms with Gasteiger partial charge in [-0.25, -0.2) is 0 Å². The van der Waals surface area contributed by atoms with Gasteiger partial charge in [-0.3, -0.25) is 11.3 Å². The number of rotatable bonds is 4. The second-order valence-electron chi connectivity index (χ2n) is 8.29. The van der Waals surface area contributed by atoms with Gasteiger partial charge in [0.1, 0.15) is 0 Å². The van der Waals surface area contributed by atoms with Crippen LogP contribution in [-0.4, -0.2) is 6.04 Å². The minimum absolute atomic E-state index is 0.438. The lowest BCUT2D eigenvalue weighted by atomic mass is 9.43. The van der Waals surface area contributed by atoms with Gasteiger partial charge in [-0.05, 0) is 89.6 Å². The lowest BCUT2D eigenvalue weighted by Crippen LogP contribution is -2.60. The van der Waals surface area contributed by atoms with Crippen molar-refractivity contribution in [1.29, 1.82) is 0 Å². The summed E-state index contributed by atoms with van der Waals surface area (Å²) in [6.45, 7) is 2.54. The van der Waals surface area contributed by atoms with Gasteiger partial charge in [-0.15, -0.1) is 11.3 Å². The fourth-order valence-electron chi connectivity index (χ4n) is 6.32. The Balaban J connectivity index is 1.60. The Bertz CT molecular complexity index is 527. The van der Waals surface area contributed by atoms with E-state index in [1.807, 2.05) is 11.3 Å². The third kappa shape index (κ3) is 2.52. The predicted molar refractivity (Wildman–Crippen MR) is 92.1 cm³/mol. The van der Waals surface area contributed by atoms with E-state index in [1.54, 1.807) is 0 Å². The molecule has 3 unspecified atom stereocenters. The van der Waals surface area contributed by atoms with E-state index in [2.05, 4.69) is 39.7 Å². The Morgan fingerprint density at radius 3 is 2.62 bits per heavy atom. The van der Waals surface area contributed by atoms with Crippen molar-refractivity contribution in [3.63, 3.8) is 0 Å². The molecule has 0 spiro atoms. The van der Waals surface area contributed by atoms with Gasteiger partial charge in [-0.1, -0.05) is 6.92 Å². The monoisotopic (exact) mass is 368 g/mol. The number of hydrazine groups is 1. The number of nitrogens with one attached hydrogen (secondary N) is 1. The molecule has 4 aliphatic rings. The van der Waals surface area contributed by atoms with Crippen LogP contribution in [0.3, 0.4) is 0 Å². The smallest absolute Gasteiger partial charge is 0.0315 e. The van der Waals surface area contributed by atoms with Crippen LogP contribution in [0.2, 0.25) is 0 Å². The molecule has 1 heterocycles. The van der Waals surface area contributed by atoms with Crippen molar-refractivity contribution < 1.29 is 0 Å². The maximum Gasteiger partial charge on any atom is 0.0315 e. The SMILES string of the molecule is CC12CC3CC(C1)CC(C(Cc1cc(Br)cs1)NN)(C3)C2. The molecule has 4 bridgehead atoms. The summed E-state index contributed by atoms with van der Waals surface area (Å²) in [5.41, 5.74) is 4.27. The van der Waals surface area contributed by atoms with Crippen LogP contribution in [-0.2, 0) is 6.42 Å². The lowest BCUT2D eigenvalue weighted by Gasteiger charge is -2.63. The van der Waals surface area contributed by atoms with Crippen molar-refractivity contribution in [2.24, 2.45) is 28.5 Å². The van der Waals surface area contributed by atoms with Gasteiger partial charge >= 0.3 is 0 Å². The second-order valence-corrected chi connectivity index (χ2v) is 10.2. The highest BCUT2D eigenvalue weighted by Crippen LogP contribution is 2.66. The Hall–Kier alpha value is 0.1000. The molecule has 3 N–H and O–H groups in total. The molecule has 0 saturated heterocycles. The number of halogens is 1. The van der Waals surface area contributed by atoms with Crippen LogP contribution in [0, 0.1) is 22.7 Å². The zero-order valence-electron chi connectivity index (χ0n) is 12.7. The Kier molecular flexibility index (Phi) is 3.53. The standard InChI is InChI=1S/C17H25BrN2S/c1-16-5-11-2-12(6-16)8-17(7-11,10-16)15(20-19)4-14-3-13(18)9-21-14/h3,9,11-12,15,20H,2,4-8,10,19H2,1H3. The highest BCUT2D eigenvalue weighted by atomic mass is 79.9. The molecule has 0 aliphatic heterocycles. The molecule has 1 aromatic rings. The molecular formula is C17H25BrN2S. The average Bonchev–Trinajstić information content (AvgIpc) is 2.78. The van der Waals surface area contributed by atoms with E-state index in [9.17, 15) is 0 Å². The molecule has 0 aromatic carbocycles. The highest BCUT2D eigenvalue weighted by Gasteiger charge is 2.58. The van der Waals surface area contributed by atoms with Crippen LogP contribution in [0.5, 0.6) is 0 Å². The van der Waals surface area contributed by atoms with Gasteiger partial charge in [0.15, 0.2) is 0 Å². The highest BCUT2D eigenvalue weighted by molar-refractivity contribution is 9.10. The molecule has 5 rings (SSSR count). The van der Waals surface area contributed by atoms with Crippen LogP contribution in [0.4, 0.5) is 0 Å². The molecule has 0 radical (unpaired) electrons. The quantitative estimate of drug-likeness (QED) is 0.606. The first kappa shape index (κ1) is 14.7. The summed E-state index contributed by atoms with van der Waals surface area (Å²) in [6, 6.07) is 2.70. The normalized spacial score (nSPS) is 42.4. The third-order valence-corrected chi connectivity index (χ3v) is 8.09.